The quantitative estimate of drug-likeness (QED) is 0.713. The van der Waals surface area contributed by atoms with Crippen molar-refractivity contribution in [3.8, 4) is 0 Å². The van der Waals surface area contributed by atoms with Crippen LogP contribution in [0.15, 0.2) is 34.7 Å². The van der Waals surface area contributed by atoms with Gasteiger partial charge in [0.15, 0.2) is 11.4 Å². The maximum atomic E-state index is 14.2. The molecule has 0 fully saturated rings. The summed E-state index contributed by atoms with van der Waals surface area (Å²) in [6.07, 6.45) is -0.433. The molecule has 0 amide bonds. The number of anilines is 2. The van der Waals surface area contributed by atoms with E-state index in [1.807, 2.05) is 0 Å². The van der Waals surface area contributed by atoms with Crippen LogP contribution in [0.5, 0.6) is 0 Å². The van der Waals surface area contributed by atoms with Gasteiger partial charge in [-0.3, -0.25) is 4.79 Å². The van der Waals surface area contributed by atoms with Gasteiger partial charge in [-0.1, -0.05) is 29.3 Å². The number of nitrogens with zero attached hydrogens (tertiary/aromatic N) is 1. The van der Waals surface area contributed by atoms with Crippen molar-refractivity contribution in [1.82, 2.24) is 4.98 Å². The van der Waals surface area contributed by atoms with Gasteiger partial charge < -0.3 is 14.8 Å². The predicted molar refractivity (Wildman–Crippen MR) is 85.1 cm³/mol. The van der Waals surface area contributed by atoms with E-state index in [0.717, 1.165) is 0 Å². The Bertz CT molecular complexity index is 911. The van der Waals surface area contributed by atoms with Crippen molar-refractivity contribution in [3.05, 3.63) is 51.8 Å². The summed E-state index contributed by atoms with van der Waals surface area (Å²) in [5.41, 5.74) is 0.768. The molecule has 0 aliphatic carbocycles. The Kier molecular flexibility index (Phi) is 4.11. The lowest BCUT2D eigenvalue weighted by Crippen LogP contribution is -2.02. The second kappa shape index (κ2) is 6.06. The van der Waals surface area contributed by atoms with E-state index in [1.165, 1.54) is 12.1 Å². The normalized spacial score (nSPS) is 10.9. The lowest BCUT2D eigenvalue weighted by molar-refractivity contribution is -0.136. The summed E-state index contributed by atoms with van der Waals surface area (Å²) in [6.45, 7) is 0. The number of hydrogen-bond donors (Lipinski definition) is 2. The Morgan fingerprint density at radius 2 is 2.04 bits per heavy atom. The van der Waals surface area contributed by atoms with Crippen LogP contribution in [-0.2, 0) is 11.2 Å². The highest BCUT2D eigenvalue weighted by Crippen LogP contribution is 2.29. The summed E-state index contributed by atoms with van der Waals surface area (Å²) in [7, 11) is 0. The van der Waals surface area contributed by atoms with Gasteiger partial charge in [-0.25, -0.2) is 4.39 Å². The van der Waals surface area contributed by atoms with Gasteiger partial charge in [0.25, 0.3) is 6.01 Å². The van der Waals surface area contributed by atoms with Crippen molar-refractivity contribution in [2.45, 2.75) is 6.42 Å². The number of halogens is 3. The molecule has 118 valence electrons. The van der Waals surface area contributed by atoms with E-state index >= 15 is 0 Å². The van der Waals surface area contributed by atoms with Gasteiger partial charge >= 0.3 is 5.97 Å². The van der Waals surface area contributed by atoms with Crippen molar-refractivity contribution in [3.63, 3.8) is 0 Å². The number of oxazole rings is 1. The summed E-state index contributed by atoms with van der Waals surface area (Å²) in [5.74, 6) is -1.86. The van der Waals surface area contributed by atoms with Gasteiger partial charge in [-0.15, -0.1) is 0 Å². The van der Waals surface area contributed by atoms with E-state index in [0.29, 0.717) is 15.7 Å². The molecule has 2 N–H and O–H groups in total. The van der Waals surface area contributed by atoms with Gasteiger partial charge in [0, 0.05) is 11.3 Å². The summed E-state index contributed by atoms with van der Waals surface area (Å²) in [6, 6.07) is 7.77. The Balaban J connectivity index is 1.94. The molecular formula is C15H9Cl2FN2O3. The Labute approximate surface area is 139 Å². The van der Waals surface area contributed by atoms with Crippen LogP contribution < -0.4 is 5.32 Å². The number of aliphatic carboxylic acids is 1. The van der Waals surface area contributed by atoms with Crippen LogP contribution in [0.4, 0.5) is 16.1 Å². The minimum absolute atomic E-state index is 0.0298. The molecular weight excluding hydrogens is 346 g/mol. The van der Waals surface area contributed by atoms with Gasteiger partial charge in [-0.2, -0.15) is 4.98 Å². The highest BCUT2D eigenvalue weighted by atomic mass is 35.5. The molecule has 0 unspecified atom stereocenters. The number of hydrogen-bond acceptors (Lipinski definition) is 4. The minimum atomic E-state index is -1.13. The molecule has 0 bridgehead atoms. The molecule has 1 heterocycles. The van der Waals surface area contributed by atoms with Gasteiger partial charge in [-0.05, 0) is 24.3 Å². The molecule has 1 aromatic heterocycles. The van der Waals surface area contributed by atoms with E-state index < -0.39 is 18.2 Å². The largest absolute Gasteiger partial charge is 0.481 e. The molecule has 0 radical (unpaired) electrons. The first-order valence-electron chi connectivity index (χ1n) is 6.46. The van der Waals surface area contributed by atoms with Crippen molar-refractivity contribution in [2.75, 3.05) is 5.32 Å². The highest BCUT2D eigenvalue weighted by Gasteiger charge is 2.16. The molecule has 5 nitrogen and oxygen atoms in total. The summed E-state index contributed by atoms with van der Waals surface area (Å²) in [4.78, 5) is 14.8. The van der Waals surface area contributed by atoms with E-state index in [1.54, 1.807) is 18.2 Å². The Hall–Kier alpha value is -2.31. The zero-order valence-electron chi connectivity index (χ0n) is 11.4. The van der Waals surface area contributed by atoms with Crippen molar-refractivity contribution in [1.29, 1.82) is 0 Å². The smallest absolute Gasteiger partial charge is 0.307 e. The Morgan fingerprint density at radius 1 is 1.26 bits per heavy atom. The Morgan fingerprint density at radius 3 is 2.74 bits per heavy atom. The molecule has 3 aromatic rings. The zero-order chi connectivity index (χ0) is 16.6. The molecule has 23 heavy (non-hydrogen) atoms. The van der Waals surface area contributed by atoms with E-state index in [-0.39, 0.29) is 22.7 Å². The van der Waals surface area contributed by atoms with Crippen LogP contribution in [0, 0.1) is 5.82 Å². The number of fused-ring (bicyclic) bond motifs is 1. The third-order valence-corrected chi connectivity index (χ3v) is 3.83. The second-order valence-corrected chi connectivity index (χ2v) is 5.54. The number of benzene rings is 2. The summed E-state index contributed by atoms with van der Waals surface area (Å²) >= 11 is 11.7. The van der Waals surface area contributed by atoms with Crippen LogP contribution in [0.3, 0.4) is 0 Å². The predicted octanol–water partition coefficient (Wildman–Crippen LogP) is 4.64. The van der Waals surface area contributed by atoms with Crippen LogP contribution in [0.2, 0.25) is 10.0 Å². The maximum absolute atomic E-state index is 14.2. The number of carboxylic acids is 1. The summed E-state index contributed by atoms with van der Waals surface area (Å²) in [5, 5.41) is 12.4. The average molecular weight is 355 g/mol. The molecule has 3 rings (SSSR count). The van der Waals surface area contributed by atoms with E-state index in [4.69, 9.17) is 32.7 Å². The monoisotopic (exact) mass is 354 g/mol. The lowest BCUT2D eigenvalue weighted by atomic mass is 10.1. The SMILES string of the molecule is O=C(O)Cc1ccc2nc(Nc3ccc(Cl)c(Cl)c3)oc2c1F. The molecule has 0 saturated heterocycles. The topological polar surface area (TPSA) is 75.4 Å². The average Bonchev–Trinajstić information content (AvgIpc) is 2.89. The standard InChI is InChI=1S/C15H9Cl2FN2O3/c16-9-3-2-8(6-10(9)17)19-15-20-11-4-1-7(5-12(21)22)13(18)14(11)23-15/h1-4,6H,5H2,(H,19,20)(H,21,22). The van der Waals surface area contributed by atoms with Crippen LogP contribution in [0.25, 0.3) is 11.1 Å². The molecule has 0 aliphatic heterocycles. The lowest BCUT2D eigenvalue weighted by Gasteiger charge is -2.02. The first kappa shape index (κ1) is 15.6. The highest BCUT2D eigenvalue weighted by molar-refractivity contribution is 6.42. The first-order chi connectivity index (χ1) is 10.9. The third-order valence-electron chi connectivity index (χ3n) is 3.09. The fraction of sp³-hybridized carbons (Fsp3) is 0.0667. The van der Waals surface area contributed by atoms with E-state index in [9.17, 15) is 9.18 Å². The van der Waals surface area contributed by atoms with Gasteiger partial charge in [0.2, 0.25) is 0 Å². The van der Waals surface area contributed by atoms with E-state index in [2.05, 4.69) is 10.3 Å². The number of aromatic nitrogens is 1. The van der Waals surface area contributed by atoms with Crippen molar-refractivity contribution >= 4 is 52.0 Å². The molecule has 0 aliphatic rings. The third kappa shape index (κ3) is 3.23. The second-order valence-electron chi connectivity index (χ2n) is 4.73. The molecule has 0 atom stereocenters. The molecule has 2 aromatic carbocycles. The number of carboxylic acid groups (broad SMARTS) is 1. The molecule has 8 heteroatoms. The number of carbonyl (C=O) groups is 1. The van der Waals surface area contributed by atoms with Crippen LogP contribution in [0.1, 0.15) is 5.56 Å². The first-order valence-corrected chi connectivity index (χ1v) is 7.21. The maximum Gasteiger partial charge on any atom is 0.307 e. The molecule has 0 saturated carbocycles. The molecule has 0 spiro atoms. The van der Waals surface area contributed by atoms with Gasteiger partial charge in [0.1, 0.15) is 5.52 Å². The summed E-state index contributed by atoms with van der Waals surface area (Å²) < 4.78 is 19.6. The van der Waals surface area contributed by atoms with Gasteiger partial charge in [0.05, 0.1) is 16.5 Å². The zero-order valence-corrected chi connectivity index (χ0v) is 13.0. The fourth-order valence-corrected chi connectivity index (χ4v) is 2.35. The van der Waals surface area contributed by atoms with Crippen LogP contribution in [-0.4, -0.2) is 16.1 Å². The minimum Gasteiger partial charge on any atom is -0.481 e. The fourth-order valence-electron chi connectivity index (χ4n) is 2.05. The number of rotatable bonds is 4. The van der Waals surface area contributed by atoms with Crippen molar-refractivity contribution in [2.24, 2.45) is 0 Å². The number of nitrogens with one attached hydrogen (secondary N) is 1. The van der Waals surface area contributed by atoms with Crippen LogP contribution >= 0.6 is 23.2 Å². The van der Waals surface area contributed by atoms with Crippen molar-refractivity contribution < 1.29 is 18.7 Å².